The molecule has 0 aromatic heterocycles. The van der Waals surface area contributed by atoms with E-state index in [2.05, 4.69) is 5.32 Å². The molecule has 0 aliphatic heterocycles. The van der Waals surface area contributed by atoms with E-state index >= 15 is 0 Å². The highest BCUT2D eigenvalue weighted by molar-refractivity contribution is 5.77. The van der Waals surface area contributed by atoms with Crippen LogP contribution < -0.4 is 5.32 Å². The van der Waals surface area contributed by atoms with Crippen molar-refractivity contribution in [2.45, 2.75) is 38.3 Å². The maximum Gasteiger partial charge on any atom is 0.323 e. The number of aliphatic hydroxyl groups excluding tert-OH is 2. The fourth-order valence-corrected chi connectivity index (χ4v) is 1.72. The minimum absolute atomic E-state index is 0.0324. The molecule has 0 heterocycles. The van der Waals surface area contributed by atoms with E-state index in [1.807, 2.05) is 18.9 Å². The van der Waals surface area contributed by atoms with Crippen LogP contribution >= 0.6 is 0 Å². The van der Waals surface area contributed by atoms with Gasteiger partial charge in [0.2, 0.25) is 5.91 Å². The number of carbonyl (C=O) groups excluding carboxylic acids is 2. The van der Waals surface area contributed by atoms with Crippen LogP contribution in [0.3, 0.4) is 0 Å². The van der Waals surface area contributed by atoms with Crippen molar-refractivity contribution >= 4 is 11.9 Å². The zero-order valence-corrected chi connectivity index (χ0v) is 12.5. The van der Waals surface area contributed by atoms with Gasteiger partial charge in [-0.3, -0.25) is 14.5 Å². The molecule has 20 heavy (non-hydrogen) atoms. The summed E-state index contributed by atoms with van der Waals surface area (Å²) < 4.78 is 4.74. The lowest BCUT2D eigenvalue weighted by molar-refractivity contribution is -0.146. The number of hydrogen-bond acceptors (Lipinski definition) is 6. The monoisotopic (exact) mass is 290 g/mol. The summed E-state index contributed by atoms with van der Waals surface area (Å²) in [5.74, 6) is -0.509. The molecular formula is C13H26N2O5. The predicted octanol–water partition coefficient (Wildman–Crippen LogP) is -0.881. The van der Waals surface area contributed by atoms with Crippen LogP contribution in [0.1, 0.15) is 26.2 Å². The highest BCUT2D eigenvalue weighted by Gasteiger charge is 2.22. The van der Waals surface area contributed by atoms with Crippen molar-refractivity contribution in [1.82, 2.24) is 10.2 Å². The summed E-state index contributed by atoms with van der Waals surface area (Å²) in [5.41, 5.74) is 0. The lowest BCUT2D eigenvalue weighted by atomic mass is 10.1. The van der Waals surface area contributed by atoms with E-state index in [0.717, 1.165) is 0 Å². The van der Waals surface area contributed by atoms with Gasteiger partial charge in [-0.15, -0.1) is 0 Å². The van der Waals surface area contributed by atoms with Gasteiger partial charge in [0.1, 0.15) is 6.04 Å². The third-order valence-electron chi connectivity index (χ3n) is 3.13. The SMILES string of the molecule is CCN(C)C(CCCC(=O)NCC(O)CO)C(=O)OC. The number of rotatable bonds is 10. The Morgan fingerprint density at radius 3 is 2.55 bits per heavy atom. The van der Waals surface area contributed by atoms with Crippen LogP contribution in [0.2, 0.25) is 0 Å². The number of ether oxygens (including phenoxy) is 1. The lowest BCUT2D eigenvalue weighted by Gasteiger charge is -2.24. The second kappa shape index (κ2) is 10.6. The number of amides is 1. The van der Waals surface area contributed by atoms with Gasteiger partial charge in [0, 0.05) is 13.0 Å². The molecule has 2 atom stereocenters. The molecule has 0 aliphatic carbocycles. The van der Waals surface area contributed by atoms with Crippen molar-refractivity contribution < 1.29 is 24.5 Å². The van der Waals surface area contributed by atoms with Crippen LogP contribution in [0.4, 0.5) is 0 Å². The van der Waals surface area contributed by atoms with Crippen LogP contribution in [-0.2, 0) is 14.3 Å². The number of aliphatic hydroxyl groups is 2. The molecule has 3 N–H and O–H groups in total. The molecule has 7 nitrogen and oxygen atoms in total. The summed E-state index contributed by atoms with van der Waals surface area (Å²) in [6, 6.07) is -0.346. The number of hydrogen-bond donors (Lipinski definition) is 3. The molecule has 0 fully saturated rings. The van der Waals surface area contributed by atoms with Gasteiger partial charge < -0.3 is 20.3 Å². The summed E-state index contributed by atoms with van der Waals surface area (Å²) >= 11 is 0. The van der Waals surface area contributed by atoms with Crippen molar-refractivity contribution in [3.8, 4) is 0 Å². The molecule has 0 aromatic rings. The first-order valence-corrected chi connectivity index (χ1v) is 6.79. The quantitative estimate of drug-likeness (QED) is 0.452. The molecule has 0 saturated heterocycles. The van der Waals surface area contributed by atoms with Crippen molar-refractivity contribution in [3.05, 3.63) is 0 Å². The van der Waals surface area contributed by atoms with Crippen molar-refractivity contribution in [2.75, 3.05) is 33.9 Å². The molecule has 0 radical (unpaired) electrons. The van der Waals surface area contributed by atoms with Crippen LogP contribution in [0.15, 0.2) is 0 Å². The average molecular weight is 290 g/mol. The minimum atomic E-state index is -0.937. The van der Waals surface area contributed by atoms with Crippen molar-refractivity contribution in [3.63, 3.8) is 0 Å². The molecule has 2 unspecified atom stereocenters. The topological polar surface area (TPSA) is 99.1 Å². The highest BCUT2D eigenvalue weighted by Crippen LogP contribution is 2.09. The number of nitrogens with zero attached hydrogens (tertiary/aromatic N) is 1. The van der Waals surface area contributed by atoms with Crippen LogP contribution in [0.25, 0.3) is 0 Å². The van der Waals surface area contributed by atoms with E-state index in [-0.39, 0.29) is 37.5 Å². The van der Waals surface area contributed by atoms with Gasteiger partial charge in [0.15, 0.2) is 0 Å². The fourth-order valence-electron chi connectivity index (χ4n) is 1.72. The Morgan fingerprint density at radius 1 is 1.40 bits per heavy atom. The summed E-state index contributed by atoms with van der Waals surface area (Å²) in [4.78, 5) is 25.0. The standard InChI is InChI=1S/C13H26N2O5/c1-4-15(2)11(13(19)20-3)6-5-7-12(18)14-8-10(17)9-16/h10-11,16-17H,4-9H2,1-3H3,(H,14,18). The van der Waals surface area contributed by atoms with Gasteiger partial charge >= 0.3 is 5.97 Å². The van der Waals surface area contributed by atoms with Gasteiger partial charge in [-0.1, -0.05) is 6.92 Å². The van der Waals surface area contributed by atoms with E-state index in [9.17, 15) is 9.59 Å². The molecule has 0 saturated carbocycles. The molecule has 0 spiro atoms. The second-order valence-electron chi connectivity index (χ2n) is 4.64. The number of likely N-dealkylation sites (N-methyl/N-ethyl adjacent to an activating group) is 1. The minimum Gasteiger partial charge on any atom is -0.468 e. The second-order valence-corrected chi connectivity index (χ2v) is 4.64. The van der Waals surface area contributed by atoms with Gasteiger partial charge in [0.25, 0.3) is 0 Å². The molecule has 0 bridgehead atoms. The van der Waals surface area contributed by atoms with Gasteiger partial charge in [-0.05, 0) is 26.4 Å². The summed E-state index contributed by atoms with van der Waals surface area (Å²) in [6.07, 6.45) is 0.412. The maximum atomic E-state index is 11.6. The van der Waals surface area contributed by atoms with Gasteiger partial charge in [-0.2, -0.15) is 0 Å². The molecule has 0 rings (SSSR count). The molecule has 0 aliphatic rings. The third kappa shape index (κ3) is 7.42. The smallest absolute Gasteiger partial charge is 0.323 e. The van der Waals surface area contributed by atoms with Crippen LogP contribution in [0, 0.1) is 0 Å². The zero-order valence-electron chi connectivity index (χ0n) is 12.5. The Hall–Kier alpha value is -1.18. The Bertz CT molecular complexity index is 298. The van der Waals surface area contributed by atoms with E-state index in [1.165, 1.54) is 7.11 Å². The molecule has 118 valence electrons. The summed E-state index contributed by atoms with van der Waals surface area (Å²) in [7, 11) is 3.18. The van der Waals surface area contributed by atoms with E-state index in [0.29, 0.717) is 19.4 Å². The first-order chi connectivity index (χ1) is 9.46. The lowest BCUT2D eigenvalue weighted by Crippen LogP contribution is -2.39. The zero-order chi connectivity index (χ0) is 15.5. The first-order valence-electron chi connectivity index (χ1n) is 6.79. The molecule has 1 amide bonds. The first kappa shape index (κ1) is 18.8. The Labute approximate surface area is 119 Å². The number of nitrogens with one attached hydrogen (secondary N) is 1. The van der Waals surface area contributed by atoms with E-state index in [4.69, 9.17) is 14.9 Å². The number of methoxy groups -OCH3 is 1. The molecule has 0 aromatic carbocycles. The fraction of sp³-hybridized carbons (Fsp3) is 0.846. The Morgan fingerprint density at radius 2 is 2.05 bits per heavy atom. The van der Waals surface area contributed by atoms with Crippen molar-refractivity contribution in [2.24, 2.45) is 0 Å². The highest BCUT2D eigenvalue weighted by atomic mass is 16.5. The third-order valence-corrected chi connectivity index (χ3v) is 3.13. The largest absolute Gasteiger partial charge is 0.468 e. The Kier molecular flexibility index (Phi) is 9.96. The maximum absolute atomic E-state index is 11.6. The van der Waals surface area contributed by atoms with E-state index in [1.54, 1.807) is 0 Å². The van der Waals surface area contributed by atoms with Crippen LogP contribution in [0.5, 0.6) is 0 Å². The van der Waals surface area contributed by atoms with Gasteiger partial charge in [0.05, 0.1) is 19.8 Å². The van der Waals surface area contributed by atoms with Crippen LogP contribution in [-0.4, -0.2) is 73.0 Å². The molecular weight excluding hydrogens is 264 g/mol. The predicted molar refractivity (Wildman–Crippen MR) is 74.1 cm³/mol. The Balaban J connectivity index is 4.05. The molecule has 7 heteroatoms. The number of esters is 1. The van der Waals surface area contributed by atoms with E-state index < -0.39 is 6.10 Å². The number of carbonyl (C=O) groups is 2. The van der Waals surface area contributed by atoms with Crippen molar-refractivity contribution in [1.29, 1.82) is 0 Å². The normalized spacial score (nSPS) is 13.9. The summed E-state index contributed by atoms with van der Waals surface area (Å²) in [5, 5.41) is 20.2. The van der Waals surface area contributed by atoms with Gasteiger partial charge in [-0.25, -0.2) is 0 Å². The average Bonchev–Trinajstić information content (AvgIpc) is 2.47. The summed E-state index contributed by atoms with van der Waals surface area (Å²) in [6.45, 7) is 2.31.